The highest BCUT2D eigenvalue weighted by Crippen LogP contribution is 2.35. The van der Waals surface area contributed by atoms with Crippen LogP contribution in [-0.2, 0) is 4.79 Å². The lowest BCUT2D eigenvalue weighted by Gasteiger charge is -2.47. The molecule has 1 amide bonds. The molecule has 0 aliphatic heterocycles. The summed E-state index contributed by atoms with van der Waals surface area (Å²) in [5.41, 5.74) is 5.65. The molecule has 4 nitrogen and oxygen atoms in total. The van der Waals surface area contributed by atoms with Crippen molar-refractivity contribution in [3.05, 3.63) is 0 Å². The van der Waals surface area contributed by atoms with Gasteiger partial charge in [-0.2, -0.15) is 0 Å². The summed E-state index contributed by atoms with van der Waals surface area (Å²) in [5, 5.41) is 3.00. The van der Waals surface area contributed by atoms with Crippen LogP contribution in [0.2, 0.25) is 0 Å². The number of hydrogen-bond acceptors (Lipinski definition) is 3. The monoisotopic (exact) mass is 213 g/mol. The van der Waals surface area contributed by atoms with Gasteiger partial charge in [0.15, 0.2) is 0 Å². The Morgan fingerprint density at radius 3 is 2.47 bits per heavy atom. The smallest absolute Gasteiger partial charge is 0.224 e. The van der Waals surface area contributed by atoms with Gasteiger partial charge in [-0.1, -0.05) is 6.92 Å². The normalized spacial score (nSPS) is 20.9. The Morgan fingerprint density at radius 1 is 1.53 bits per heavy atom. The molecule has 0 aromatic heterocycles. The molecule has 15 heavy (non-hydrogen) atoms. The SMILES string of the molecule is CC(CN)C(=O)NCC1(N(C)C)CCC1. The molecule has 0 bridgehead atoms. The molecule has 3 N–H and O–H groups in total. The maximum atomic E-state index is 11.6. The van der Waals surface area contributed by atoms with Crippen molar-refractivity contribution < 1.29 is 4.79 Å². The average molecular weight is 213 g/mol. The number of carbonyl (C=O) groups is 1. The molecule has 0 saturated heterocycles. The standard InChI is InChI=1S/C11H23N3O/c1-9(7-12)10(15)13-8-11(14(2)3)5-4-6-11/h9H,4-8,12H2,1-3H3,(H,13,15). The average Bonchev–Trinajstić information content (AvgIpc) is 2.14. The van der Waals surface area contributed by atoms with Crippen LogP contribution in [0.1, 0.15) is 26.2 Å². The number of rotatable bonds is 5. The largest absolute Gasteiger partial charge is 0.354 e. The van der Waals surface area contributed by atoms with Crippen LogP contribution in [0, 0.1) is 5.92 Å². The first kappa shape index (κ1) is 12.5. The van der Waals surface area contributed by atoms with Crippen LogP contribution in [0.3, 0.4) is 0 Å². The van der Waals surface area contributed by atoms with E-state index in [0.29, 0.717) is 6.54 Å². The number of nitrogens with zero attached hydrogens (tertiary/aromatic N) is 1. The van der Waals surface area contributed by atoms with Crippen molar-refractivity contribution in [2.24, 2.45) is 11.7 Å². The Morgan fingerprint density at radius 2 is 2.13 bits per heavy atom. The predicted molar refractivity (Wildman–Crippen MR) is 61.5 cm³/mol. The molecular formula is C11H23N3O. The Balaban J connectivity index is 2.38. The van der Waals surface area contributed by atoms with Crippen LogP contribution >= 0.6 is 0 Å². The van der Waals surface area contributed by atoms with Crippen molar-refractivity contribution in [3.8, 4) is 0 Å². The van der Waals surface area contributed by atoms with Crippen molar-refractivity contribution in [1.82, 2.24) is 10.2 Å². The molecule has 0 spiro atoms. The Hall–Kier alpha value is -0.610. The molecule has 0 aromatic rings. The van der Waals surface area contributed by atoms with Gasteiger partial charge >= 0.3 is 0 Å². The third-order valence-electron chi connectivity index (χ3n) is 3.63. The molecule has 1 atom stereocenters. The maximum Gasteiger partial charge on any atom is 0.224 e. The van der Waals surface area contributed by atoms with E-state index in [0.717, 1.165) is 6.54 Å². The van der Waals surface area contributed by atoms with Gasteiger partial charge in [0, 0.05) is 24.5 Å². The van der Waals surface area contributed by atoms with Crippen LogP contribution in [0.25, 0.3) is 0 Å². The Labute approximate surface area is 92.2 Å². The quantitative estimate of drug-likeness (QED) is 0.685. The lowest BCUT2D eigenvalue weighted by atomic mass is 9.75. The molecular weight excluding hydrogens is 190 g/mol. The van der Waals surface area contributed by atoms with Crippen LogP contribution in [0.4, 0.5) is 0 Å². The third-order valence-corrected chi connectivity index (χ3v) is 3.63. The van der Waals surface area contributed by atoms with Gasteiger partial charge in [0.2, 0.25) is 5.91 Å². The summed E-state index contributed by atoms with van der Waals surface area (Å²) in [7, 11) is 4.16. The van der Waals surface area contributed by atoms with E-state index in [1.165, 1.54) is 19.3 Å². The Kier molecular flexibility index (Phi) is 4.11. The molecule has 1 aliphatic carbocycles. The first-order chi connectivity index (χ1) is 7.02. The summed E-state index contributed by atoms with van der Waals surface area (Å²) < 4.78 is 0. The van der Waals surface area contributed by atoms with E-state index in [9.17, 15) is 4.79 Å². The van der Waals surface area contributed by atoms with Gasteiger partial charge < -0.3 is 16.0 Å². The fourth-order valence-electron chi connectivity index (χ4n) is 1.90. The van der Waals surface area contributed by atoms with E-state index in [1.54, 1.807) is 0 Å². The second-order valence-electron chi connectivity index (χ2n) is 4.83. The zero-order valence-corrected chi connectivity index (χ0v) is 10.0. The van der Waals surface area contributed by atoms with Crippen molar-refractivity contribution in [3.63, 3.8) is 0 Å². The van der Waals surface area contributed by atoms with Gasteiger partial charge in [0.25, 0.3) is 0 Å². The van der Waals surface area contributed by atoms with E-state index < -0.39 is 0 Å². The van der Waals surface area contributed by atoms with Crippen molar-refractivity contribution in [2.75, 3.05) is 27.2 Å². The molecule has 1 aliphatic rings. The first-order valence-electron chi connectivity index (χ1n) is 5.67. The number of amides is 1. The molecule has 0 radical (unpaired) electrons. The number of carbonyl (C=O) groups excluding carboxylic acids is 1. The van der Waals surface area contributed by atoms with Crippen LogP contribution in [0.15, 0.2) is 0 Å². The number of likely N-dealkylation sites (N-methyl/N-ethyl adjacent to an activating group) is 1. The van der Waals surface area contributed by atoms with Crippen LogP contribution in [-0.4, -0.2) is 43.5 Å². The van der Waals surface area contributed by atoms with Crippen molar-refractivity contribution in [2.45, 2.75) is 31.7 Å². The Bertz CT molecular complexity index is 224. The van der Waals surface area contributed by atoms with Crippen molar-refractivity contribution in [1.29, 1.82) is 0 Å². The van der Waals surface area contributed by atoms with Crippen LogP contribution < -0.4 is 11.1 Å². The molecule has 1 saturated carbocycles. The number of hydrogen-bond donors (Lipinski definition) is 2. The van der Waals surface area contributed by atoms with E-state index in [-0.39, 0.29) is 17.4 Å². The predicted octanol–water partition coefficient (Wildman–Crippen LogP) is 0.182. The highest BCUT2D eigenvalue weighted by atomic mass is 16.1. The van der Waals surface area contributed by atoms with E-state index in [4.69, 9.17) is 5.73 Å². The van der Waals surface area contributed by atoms with Gasteiger partial charge in [0.05, 0.1) is 0 Å². The number of nitrogens with two attached hydrogens (primary N) is 1. The summed E-state index contributed by atoms with van der Waals surface area (Å²) in [6.45, 7) is 3.03. The lowest BCUT2D eigenvalue weighted by Crippen LogP contribution is -2.57. The van der Waals surface area contributed by atoms with Gasteiger partial charge in [-0.25, -0.2) is 0 Å². The van der Waals surface area contributed by atoms with E-state index in [1.807, 2.05) is 6.92 Å². The van der Waals surface area contributed by atoms with Gasteiger partial charge in [-0.3, -0.25) is 4.79 Å². The molecule has 88 valence electrons. The van der Waals surface area contributed by atoms with Crippen LogP contribution in [0.5, 0.6) is 0 Å². The minimum absolute atomic E-state index is 0.0747. The minimum atomic E-state index is -0.0794. The maximum absolute atomic E-state index is 11.6. The molecule has 0 aromatic carbocycles. The fourth-order valence-corrected chi connectivity index (χ4v) is 1.90. The topological polar surface area (TPSA) is 58.4 Å². The first-order valence-corrected chi connectivity index (χ1v) is 5.67. The zero-order valence-electron chi connectivity index (χ0n) is 10.0. The van der Waals surface area contributed by atoms with E-state index in [2.05, 4.69) is 24.3 Å². The summed E-state index contributed by atoms with van der Waals surface area (Å²) in [4.78, 5) is 13.8. The third kappa shape index (κ3) is 2.69. The second-order valence-corrected chi connectivity index (χ2v) is 4.83. The van der Waals surface area contributed by atoms with Gasteiger partial charge in [0.1, 0.15) is 0 Å². The van der Waals surface area contributed by atoms with Gasteiger partial charge in [-0.05, 0) is 33.4 Å². The summed E-state index contributed by atoms with van der Waals surface area (Å²) >= 11 is 0. The minimum Gasteiger partial charge on any atom is -0.354 e. The highest BCUT2D eigenvalue weighted by Gasteiger charge is 2.39. The molecule has 1 unspecified atom stereocenters. The zero-order chi connectivity index (χ0) is 11.5. The highest BCUT2D eigenvalue weighted by molar-refractivity contribution is 5.78. The summed E-state index contributed by atoms with van der Waals surface area (Å²) in [5.74, 6) is -0.00471. The van der Waals surface area contributed by atoms with E-state index >= 15 is 0 Å². The summed E-state index contributed by atoms with van der Waals surface area (Å²) in [6.07, 6.45) is 3.62. The fraction of sp³-hybridized carbons (Fsp3) is 0.909. The van der Waals surface area contributed by atoms with Crippen molar-refractivity contribution >= 4 is 5.91 Å². The molecule has 1 fully saturated rings. The molecule has 4 heteroatoms. The molecule has 1 rings (SSSR count). The summed E-state index contributed by atoms with van der Waals surface area (Å²) in [6, 6.07) is 0. The second kappa shape index (κ2) is 4.94. The van der Waals surface area contributed by atoms with Gasteiger partial charge in [-0.15, -0.1) is 0 Å². The number of nitrogens with one attached hydrogen (secondary N) is 1. The molecule has 0 heterocycles. The lowest BCUT2D eigenvalue weighted by molar-refractivity contribution is -0.125.